The standard InChI is InChI=1S/C17H19ClN4O3/c1-24-14-3-2-12-8-13(17(18)20-15(12)9-14)10-19-21-16(23)11-22-4-6-25-7-5-22/h2-3,8-10H,4-7,11H2,1H3,(H,21,23). The number of aromatic nitrogens is 1. The molecule has 2 heterocycles. The molecule has 1 aromatic carbocycles. The summed E-state index contributed by atoms with van der Waals surface area (Å²) >= 11 is 6.19. The van der Waals surface area contributed by atoms with Gasteiger partial charge in [-0.15, -0.1) is 0 Å². The van der Waals surface area contributed by atoms with Gasteiger partial charge in [0.15, 0.2) is 0 Å². The first-order valence-electron chi connectivity index (χ1n) is 7.92. The zero-order valence-electron chi connectivity index (χ0n) is 13.9. The SMILES string of the molecule is COc1ccc2cc(C=NNC(=O)CN3CCOCC3)c(Cl)nc2c1. The second-order valence-electron chi connectivity index (χ2n) is 5.61. The quantitative estimate of drug-likeness (QED) is 0.497. The highest BCUT2D eigenvalue weighted by Gasteiger charge is 2.13. The summed E-state index contributed by atoms with van der Waals surface area (Å²) in [6.07, 6.45) is 1.50. The zero-order chi connectivity index (χ0) is 17.6. The van der Waals surface area contributed by atoms with E-state index in [1.54, 1.807) is 7.11 Å². The maximum Gasteiger partial charge on any atom is 0.254 e. The fraction of sp³-hybridized carbons (Fsp3) is 0.353. The highest BCUT2D eigenvalue weighted by Crippen LogP contribution is 2.23. The van der Waals surface area contributed by atoms with Crippen molar-refractivity contribution in [1.82, 2.24) is 15.3 Å². The Morgan fingerprint density at radius 2 is 2.24 bits per heavy atom. The Balaban J connectivity index is 1.64. The topological polar surface area (TPSA) is 76.0 Å². The van der Waals surface area contributed by atoms with Gasteiger partial charge in [-0.25, -0.2) is 10.4 Å². The molecule has 3 rings (SSSR count). The van der Waals surface area contributed by atoms with E-state index in [0.717, 1.165) is 24.0 Å². The summed E-state index contributed by atoms with van der Waals surface area (Å²) in [6, 6.07) is 7.42. The Labute approximate surface area is 150 Å². The van der Waals surface area contributed by atoms with Crippen molar-refractivity contribution < 1.29 is 14.3 Å². The minimum Gasteiger partial charge on any atom is -0.497 e. The summed E-state index contributed by atoms with van der Waals surface area (Å²) in [5.74, 6) is 0.542. The first-order chi connectivity index (χ1) is 12.2. The van der Waals surface area contributed by atoms with Crippen LogP contribution in [-0.4, -0.2) is 62.0 Å². The van der Waals surface area contributed by atoms with Crippen molar-refractivity contribution in [2.24, 2.45) is 5.10 Å². The molecular formula is C17H19ClN4O3. The predicted octanol–water partition coefficient (Wildman–Crippen LogP) is 1.68. The van der Waals surface area contributed by atoms with Crippen LogP contribution in [0.25, 0.3) is 10.9 Å². The van der Waals surface area contributed by atoms with Crippen molar-refractivity contribution in [3.8, 4) is 5.75 Å². The van der Waals surface area contributed by atoms with Gasteiger partial charge in [0, 0.05) is 30.1 Å². The molecule has 1 aliphatic rings. The molecule has 1 fully saturated rings. The molecule has 0 unspecified atom stereocenters. The number of halogens is 1. The van der Waals surface area contributed by atoms with Crippen LogP contribution in [0.1, 0.15) is 5.56 Å². The molecule has 1 N–H and O–H groups in total. The zero-order valence-corrected chi connectivity index (χ0v) is 14.6. The molecule has 0 atom stereocenters. The summed E-state index contributed by atoms with van der Waals surface area (Å²) < 4.78 is 10.4. The molecule has 0 spiro atoms. The van der Waals surface area contributed by atoms with Gasteiger partial charge in [0.05, 0.1) is 38.6 Å². The molecule has 1 saturated heterocycles. The van der Waals surface area contributed by atoms with Crippen LogP contribution < -0.4 is 10.2 Å². The van der Waals surface area contributed by atoms with Gasteiger partial charge in [-0.2, -0.15) is 5.10 Å². The van der Waals surface area contributed by atoms with Crippen LogP contribution in [0.2, 0.25) is 5.15 Å². The van der Waals surface area contributed by atoms with Gasteiger partial charge in [-0.05, 0) is 18.2 Å². The Hall–Kier alpha value is -2.22. The number of methoxy groups -OCH3 is 1. The number of carbonyl (C=O) groups is 1. The summed E-state index contributed by atoms with van der Waals surface area (Å²) in [5, 5.41) is 5.20. The maximum absolute atomic E-state index is 11.9. The van der Waals surface area contributed by atoms with E-state index in [9.17, 15) is 4.79 Å². The molecule has 2 aromatic rings. The number of hydrogen-bond acceptors (Lipinski definition) is 6. The largest absolute Gasteiger partial charge is 0.497 e. The van der Waals surface area contributed by atoms with Crippen molar-refractivity contribution in [2.75, 3.05) is 40.0 Å². The highest BCUT2D eigenvalue weighted by atomic mass is 35.5. The molecule has 25 heavy (non-hydrogen) atoms. The third-order valence-electron chi connectivity index (χ3n) is 3.87. The molecule has 0 bridgehead atoms. The molecule has 1 amide bonds. The van der Waals surface area contributed by atoms with Crippen LogP contribution in [0.4, 0.5) is 0 Å². The molecule has 0 radical (unpaired) electrons. The lowest BCUT2D eigenvalue weighted by Crippen LogP contribution is -2.42. The first kappa shape index (κ1) is 17.6. The number of rotatable bonds is 5. The Kier molecular flexibility index (Phi) is 5.80. The monoisotopic (exact) mass is 362 g/mol. The lowest BCUT2D eigenvalue weighted by Gasteiger charge is -2.25. The van der Waals surface area contributed by atoms with E-state index in [1.165, 1.54) is 6.21 Å². The summed E-state index contributed by atoms with van der Waals surface area (Å²) in [5.41, 5.74) is 3.88. The fourth-order valence-electron chi connectivity index (χ4n) is 2.53. The van der Waals surface area contributed by atoms with E-state index < -0.39 is 0 Å². The number of morpholine rings is 1. The van der Waals surface area contributed by atoms with Crippen molar-refractivity contribution in [1.29, 1.82) is 0 Å². The first-order valence-corrected chi connectivity index (χ1v) is 8.30. The molecular weight excluding hydrogens is 344 g/mol. The number of benzene rings is 1. The third kappa shape index (κ3) is 4.66. The van der Waals surface area contributed by atoms with E-state index in [2.05, 4.69) is 15.5 Å². The summed E-state index contributed by atoms with van der Waals surface area (Å²) in [7, 11) is 1.60. The molecule has 1 aliphatic heterocycles. The summed E-state index contributed by atoms with van der Waals surface area (Å²) in [4.78, 5) is 18.3. The normalized spacial score (nSPS) is 15.6. The molecule has 0 saturated carbocycles. The Morgan fingerprint density at radius 3 is 3.00 bits per heavy atom. The molecule has 8 heteroatoms. The number of hydrazone groups is 1. The van der Waals surface area contributed by atoms with Gasteiger partial charge in [-0.3, -0.25) is 9.69 Å². The van der Waals surface area contributed by atoms with E-state index in [4.69, 9.17) is 21.1 Å². The van der Waals surface area contributed by atoms with Crippen LogP contribution in [0.3, 0.4) is 0 Å². The number of nitrogens with one attached hydrogen (secondary N) is 1. The van der Waals surface area contributed by atoms with E-state index in [0.29, 0.717) is 36.2 Å². The number of pyridine rings is 1. The number of amides is 1. The number of carbonyl (C=O) groups excluding carboxylic acids is 1. The lowest BCUT2D eigenvalue weighted by molar-refractivity contribution is -0.123. The van der Waals surface area contributed by atoms with Gasteiger partial charge < -0.3 is 9.47 Å². The van der Waals surface area contributed by atoms with Crippen LogP contribution in [0.15, 0.2) is 29.4 Å². The number of ether oxygens (including phenoxy) is 2. The van der Waals surface area contributed by atoms with Crippen LogP contribution in [0.5, 0.6) is 5.75 Å². The van der Waals surface area contributed by atoms with Crippen LogP contribution in [0, 0.1) is 0 Å². The molecule has 7 nitrogen and oxygen atoms in total. The second kappa shape index (κ2) is 8.24. The summed E-state index contributed by atoms with van der Waals surface area (Å²) in [6.45, 7) is 3.10. The maximum atomic E-state index is 11.9. The van der Waals surface area contributed by atoms with Gasteiger partial charge >= 0.3 is 0 Å². The minimum atomic E-state index is -0.173. The molecule has 132 valence electrons. The van der Waals surface area contributed by atoms with Crippen LogP contribution >= 0.6 is 11.6 Å². The Morgan fingerprint density at radius 1 is 1.44 bits per heavy atom. The molecule has 0 aliphatic carbocycles. The van der Waals surface area contributed by atoms with Crippen molar-refractivity contribution >= 4 is 34.6 Å². The second-order valence-corrected chi connectivity index (χ2v) is 5.97. The predicted molar refractivity (Wildman–Crippen MR) is 96.3 cm³/mol. The van der Waals surface area contributed by atoms with E-state index in [1.807, 2.05) is 29.2 Å². The van der Waals surface area contributed by atoms with Gasteiger partial charge in [0.2, 0.25) is 0 Å². The average Bonchev–Trinajstić information content (AvgIpc) is 2.62. The number of hydrogen-bond donors (Lipinski definition) is 1. The van der Waals surface area contributed by atoms with Crippen molar-refractivity contribution in [3.63, 3.8) is 0 Å². The van der Waals surface area contributed by atoms with Crippen molar-refractivity contribution in [2.45, 2.75) is 0 Å². The van der Waals surface area contributed by atoms with Gasteiger partial charge in [0.1, 0.15) is 10.9 Å². The van der Waals surface area contributed by atoms with Gasteiger partial charge in [0.25, 0.3) is 5.91 Å². The third-order valence-corrected chi connectivity index (χ3v) is 4.17. The Bertz CT molecular complexity index is 791. The lowest BCUT2D eigenvalue weighted by atomic mass is 10.1. The number of nitrogens with zero attached hydrogens (tertiary/aromatic N) is 3. The molecule has 1 aromatic heterocycles. The average molecular weight is 363 g/mol. The smallest absolute Gasteiger partial charge is 0.254 e. The fourth-order valence-corrected chi connectivity index (χ4v) is 2.72. The minimum absolute atomic E-state index is 0.173. The number of fused-ring (bicyclic) bond motifs is 1. The highest BCUT2D eigenvalue weighted by molar-refractivity contribution is 6.32. The van der Waals surface area contributed by atoms with E-state index in [-0.39, 0.29) is 5.91 Å². The van der Waals surface area contributed by atoms with Crippen molar-refractivity contribution in [3.05, 3.63) is 35.0 Å². The van der Waals surface area contributed by atoms with E-state index >= 15 is 0 Å². The van der Waals surface area contributed by atoms with Crippen LogP contribution in [-0.2, 0) is 9.53 Å². The van der Waals surface area contributed by atoms with Gasteiger partial charge in [-0.1, -0.05) is 11.6 Å².